The van der Waals surface area contributed by atoms with Gasteiger partial charge in [0, 0.05) is 38.2 Å². The Balaban J connectivity index is 1.88. The van der Waals surface area contributed by atoms with Crippen LogP contribution in [0.1, 0.15) is 36.2 Å². The second kappa shape index (κ2) is 10.8. The average Bonchev–Trinajstić information content (AvgIpc) is 3.22. The molecule has 1 N–H and O–H groups in total. The zero-order chi connectivity index (χ0) is 24.1. The number of allylic oxidation sites excluding steroid dienone is 5. The molecule has 1 aliphatic carbocycles. The number of amides is 1. The molecule has 1 aromatic rings. The summed E-state index contributed by atoms with van der Waals surface area (Å²) < 4.78 is 27.3. The molecule has 1 unspecified atom stereocenters. The number of unbranched alkanes of at least 4 members (excludes halogenated alkanes) is 1. The van der Waals surface area contributed by atoms with Crippen LogP contribution in [0.15, 0.2) is 42.3 Å². The van der Waals surface area contributed by atoms with E-state index in [-0.39, 0.29) is 35.9 Å². The van der Waals surface area contributed by atoms with Gasteiger partial charge in [-0.15, -0.1) is 10.2 Å². The van der Waals surface area contributed by atoms with Crippen molar-refractivity contribution in [2.75, 3.05) is 26.8 Å². The third-order valence-corrected chi connectivity index (χ3v) is 6.38. The van der Waals surface area contributed by atoms with Gasteiger partial charge < -0.3 is 15.0 Å². The van der Waals surface area contributed by atoms with Gasteiger partial charge in [-0.05, 0) is 18.9 Å². The van der Waals surface area contributed by atoms with E-state index in [0.29, 0.717) is 18.2 Å². The van der Waals surface area contributed by atoms with Crippen LogP contribution in [0.2, 0.25) is 0 Å². The smallest absolute Gasteiger partial charge is 0.244 e. The number of hydrogen-bond acceptors (Lipinski definition) is 8. The molecule has 8 nitrogen and oxygen atoms in total. The summed E-state index contributed by atoms with van der Waals surface area (Å²) in [6.45, 7) is 6.43. The fraction of sp³-hybridized carbons (Fsp3) is 0.455. The number of aromatic nitrogens is 2. The normalized spacial score (nSPS) is 20.1. The summed E-state index contributed by atoms with van der Waals surface area (Å²) in [7, 11) is 1.71. The molecule has 0 aromatic carbocycles. The van der Waals surface area contributed by atoms with Gasteiger partial charge in [-0.25, -0.2) is 13.8 Å². The Kier molecular flexibility index (Phi) is 8.09. The predicted octanol–water partition coefficient (Wildman–Crippen LogP) is 3.54. The highest BCUT2D eigenvalue weighted by Gasteiger charge is 2.29. The Hall–Kier alpha value is -2.92. The van der Waals surface area contributed by atoms with E-state index in [1.54, 1.807) is 17.0 Å². The molecule has 0 saturated carbocycles. The van der Waals surface area contributed by atoms with Gasteiger partial charge in [0.1, 0.15) is 23.2 Å². The standard InChI is InChI=1S/C22H27F2N5O3S/c1-4-5-8-28-13-27(3)20(31)12-29(28)11-17(21(32)14(2)30)22-26-25-19(33-22)9-15-6-7-16(23)10-18(15)24/h7,10-11,15,30H,2,4-6,8-9,12-13H2,1,3H3/b17-11+. The first kappa shape index (κ1) is 24.7. The van der Waals surface area contributed by atoms with Crippen molar-refractivity contribution in [1.29, 1.82) is 0 Å². The number of aliphatic hydroxyl groups excluding tert-OH is 1. The third kappa shape index (κ3) is 6.11. The fourth-order valence-corrected chi connectivity index (χ4v) is 4.39. The molecule has 1 amide bonds. The van der Waals surface area contributed by atoms with Crippen LogP contribution in [0.3, 0.4) is 0 Å². The van der Waals surface area contributed by atoms with Gasteiger partial charge in [0.05, 0.1) is 12.2 Å². The number of carbonyl (C=O) groups is 2. The molecule has 178 valence electrons. The van der Waals surface area contributed by atoms with Gasteiger partial charge in [0.2, 0.25) is 11.7 Å². The molecule has 1 aliphatic heterocycles. The fourth-order valence-electron chi connectivity index (χ4n) is 3.46. The molecule has 1 fully saturated rings. The summed E-state index contributed by atoms with van der Waals surface area (Å²) in [4.78, 5) is 26.6. The van der Waals surface area contributed by atoms with E-state index < -0.39 is 29.1 Å². The Morgan fingerprint density at radius 1 is 1.39 bits per heavy atom. The Labute approximate surface area is 195 Å². The minimum absolute atomic E-state index is 0.0243. The number of rotatable bonds is 9. The van der Waals surface area contributed by atoms with Crippen molar-refractivity contribution in [3.8, 4) is 0 Å². The summed E-state index contributed by atoms with van der Waals surface area (Å²) in [6, 6.07) is 0. The maximum Gasteiger partial charge on any atom is 0.244 e. The highest BCUT2D eigenvalue weighted by Crippen LogP contribution is 2.31. The molecule has 1 atom stereocenters. The second-order valence-corrected chi connectivity index (χ2v) is 9.05. The monoisotopic (exact) mass is 479 g/mol. The van der Waals surface area contributed by atoms with Crippen molar-refractivity contribution in [2.24, 2.45) is 5.92 Å². The molecule has 2 aliphatic rings. The molecular weight excluding hydrogens is 452 g/mol. The molecule has 0 spiro atoms. The van der Waals surface area contributed by atoms with Crippen molar-refractivity contribution in [1.82, 2.24) is 25.1 Å². The minimum atomic E-state index is -0.742. The van der Waals surface area contributed by atoms with Crippen LogP contribution in [-0.2, 0) is 16.0 Å². The molecule has 3 rings (SSSR count). The van der Waals surface area contributed by atoms with E-state index in [9.17, 15) is 23.5 Å². The lowest BCUT2D eigenvalue weighted by atomic mass is 9.96. The Morgan fingerprint density at radius 2 is 2.15 bits per heavy atom. The maximum absolute atomic E-state index is 14.1. The van der Waals surface area contributed by atoms with Crippen LogP contribution in [0, 0.1) is 5.92 Å². The SMILES string of the molecule is C=C(O)C(=O)/C(=C\N1CC(=O)N(C)CN1CCCC)c1nnc(CC2CC=C(F)C=C2F)s1. The molecule has 33 heavy (non-hydrogen) atoms. The maximum atomic E-state index is 14.1. The summed E-state index contributed by atoms with van der Waals surface area (Å²) >= 11 is 1.08. The number of hydrogen-bond donors (Lipinski definition) is 1. The number of likely N-dealkylation sites (N-methyl/N-ethyl adjacent to an activating group) is 1. The van der Waals surface area contributed by atoms with Crippen molar-refractivity contribution in [2.45, 2.75) is 32.6 Å². The topological polar surface area (TPSA) is 89.9 Å². The van der Waals surface area contributed by atoms with Crippen molar-refractivity contribution >= 4 is 28.6 Å². The predicted molar refractivity (Wildman–Crippen MR) is 121 cm³/mol. The number of aliphatic hydroxyl groups is 1. The van der Waals surface area contributed by atoms with E-state index in [2.05, 4.69) is 23.7 Å². The van der Waals surface area contributed by atoms with E-state index >= 15 is 0 Å². The zero-order valence-electron chi connectivity index (χ0n) is 18.6. The lowest BCUT2D eigenvalue weighted by Gasteiger charge is -2.41. The Morgan fingerprint density at radius 3 is 2.82 bits per heavy atom. The first-order chi connectivity index (χ1) is 15.7. The number of Topliss-reactive ketones (excluding diaryl/α,β-unsaturated/α-hetero) is 1. The molecule has 1 saturated heterocycles. The highest BCUT2D eigenvalue weighted by molar-refractivity contribution is 7.12. The van der Waals surface area contributed by atoms with Gasteiger partial charge in [0.25, 0.3) is 0 Å². The molecular formula is C22H27F2N5O3S. The molecule has 0 radical (unpaired) electrons. The largest absolute Gasteiger partial charge is 0.505 e. The first-order valence-electron chi connectivity index (χ1n) is 10.6. The molecule has 0 bridgehead atoms. The number of hydrazine groups is 1. The number of carbonyl (C=O) groups excluding carboxylic acids is 2. The van der Waals surface area contributed by atoms with Crippen LogP contribution in [0.4, 0.5) is 8.78 Å². The lowest BCUT2D eigenvalue weighted by molar-refractivity contribution is -0.151. The molecule has 1 aromatic heterocycles. The molecule has 2 heterocycles. The Bertz CT molecular complexity index is 1020. The van der Waals surface area contributed by atoms with Gasteiger partial charge >= 0.3 is 0 Å². The van der Waals surface area contributed by atoms with Crippen LogP contribution >= 0.6 is 11.3 Å². The number of halogens is 2. The van der Waals surface area contributed by atoms with Crippen LogP contribution in [0.25, 0.3) is 5.57 Å². The molecule has 11 heteroatoms. The highest BCUT2D eigenvalue weighted by atomic mass is 32.1. The average molecular weight is 480 g/mol. The number of nitrogens with zero attached hydrogens (tertiary/aromatic N) is 5. The van der Waals surface area contributed by atoms with E-state index in [1.165, 1.54) is 12.3 Å². The van der Waals surface area contributed by atoms with E-state index in [0.717, 1.165) is 30.3 Å². The second-order valence-electron chi connectivity index (χ2n) is 7.99. The summed E-state index contributed by atoms with van der Waals surface area (Å²) in [5.41, 5.74) is 0.0377. The summed E-state index contributed by atoms with van der Waals surface area (Å²) in [5.74, 6) is -3.25. The lowest BCUT2D eigenvalue weighted by Crippen LogP contribution is -2.56. The van der Waals surface area contributed by atoms with E-state index in [4.69, 9.17) is 0 Å². The third-order valence-electron chi connectivity index (χ3n) is 5.40. The van der Waals surface area contributed by atoms with Crippen molar-refractivity contribution < 1.29 is 23.5 Å². The zero-order valence-corrected chi connectivity index (χ0v) is 19.4. The quantitative estimate of drug-likeness (QED) is 0.428. The van der Waals surface area contributed by atoms with Crippen LogP contribution in [0.5, 0.6) is 0 Å². The van der Waals surface area contributed by atoms with Crippen molar-refractivity contribution in [3.63, 3.8) is 0 Å². The van der Waals surface area contributed by atoms with Gasteiger partial charge in [-0.1, -0.05) is 31.3 Å². The summed E-state index contributed by atoms with van der Waals surface area (Å²) in [6.07, 6.45) is 5.89. The van der Waals surface area contributed by atoms with E-state index in [1.807, 2.05) is 5.01 Å². The number of ketones is 1. The summed E-state index contributed by atoms with van der Waals surface area (Å²) in [5, 5.41) is 22.2. The minimum Gasteiger partial charge on any atom is -0.505 e. The first-order valence-corrected chi connectivity index (χ1v) is 11.5. The van der Waals surface area contributed by atoms with Crippen LogP contribution < -0.4 is 0 Å². The van der Waals surface area contributed by atoms with Crippen LogP contribution in [-0.4, -0.2) is 68.7 Å². The van der Waals surface area contributed by atoms with Gasteiger partial charge in [0.15, 0.2) is 10.8 Å². The van der Waals surface area contributed by atoms with Gasteiger partial charge in [-0.3, -0.25) is 9.59 Å². The van der Waals surface area contributed by atoms with Gasteiger partial charge in [-0.2, -0.15) is 0 Å². The van der Waals surface area contributed by atoms with Crippen molar-refractivity contribution in [3.05, 3.63) is 52.4 Å².